The van der Waals surface area contributed by atoms with E-state index in [2.05, 4.69) is 43.3 Å². The van der Waals surface area contributed by atoms with Gasteiger partial charge in [0, 0.05) is 62.0 Å². The summed E-state index contributed by atoms with van der Waals surface area (Å²) in [6.45, 7) is 9.41. The fraction of sp³-hybridized carbons (Fsp3) is 0.448. The second kappa shape index (κ2) is 10.2. The van der Waals surface area contributed by atoms with Gasteiger partial charge in [0.2, 0.25) is 5.95 Å². The molecule has 0 radical (unpaired) electrons. The number of rotatable bonds is 6. The number of nitrogens with zero attached hydrogens (tertiary/aromatic N) is 7. The summed E-state index contributed by atoms with van der Waals surface area (Å²) in [5.74, 6) is 0.531. The summed E-state index contributed by atoms with van der Waals surface area (Å²) in [6.07, 6.45) is 3.25. The second-order valence-corrected chi connectivity index (χ2v) is 11.2. The van der Waals surface area contributed by atoms with Gasteiger partial charge in [-0.3, -0.25) is 9.58 Å². The summed E-state index contributed by atoms with van der Waals surface area (Å²) in [5.41, 5.74) is 3.81. The van der Waals surface area contributed by atoms with E-state index in [-0.39, 0.29) is 23.1 Å². The van der Waals surface area contributed by atoms with E-state index in [1.165, 1.54) is 31.1 Å². The van der Waals surface area contributed by atoms with Gasteiger partial charge < -0.3 is 10.2 Å². The van der Waals surface area contributed by atoms with E-state index in [1.807, 2.05) is 19.9 Å². The SMILES string of the molecule is CC(C)c1c2cc(-c3nc(Nc4ccc5c(n4)CCN(CC4CCN(C)C4)C5)ncc3F)cc(F)c2nn1C. The highest BCUT2D eigenvalue weighted by Gasteiger charge is 2.25. The van der Waals surface area contributed by atoms with Crippen molar-refractivity contribution in [1.82, 2.24) is 34.5 Å². The first-order chi connectivity index (χ1) is 18.7. The summed E-state index contributed by atoms with van der Waals surface area (Å²) in [7, 11) is 3.98. The van der Waals surface area contributed by atoms with Gasteiger partial charge >= 0.3 is 0 Å². The number of hydrogen-bond donors (Lipinski definition) is 1. The zero-order valence-corrected chi connectivity index (χ0v) is 22.9. The number of likely N-dealkylation sites (tertiary alicyclic amines) is 1. The van der Waals surface area contributed by atoms with Crippen molar-refractivity contribution < 1.29 is 8.78 Å². The Morgan fingerprint density at radius 3 is 2.69 bits per heavy atom. The fourth-order valence-corrected chi connectivity index (χ4v) is 6.08. The molecular formula is C29H34F2N8. The molecule has 3 aromatic heterocycles. The molecule has 1 aromatic carbocycles. The van der Waals surface area contributed by atoms with E-state index in [1.54, 1.807) is 17.8 Å². The summed E-state index contributed by atoms with van der Waals surface area (Å²) in [4.78, 5) is 18.3. The lowest BCUT2D eigenvalue weighted by atomic mass is 10.0. The Bertz CT molecular complexity index is 1530. The van der Waals surface area contributed by atoms with Crippen LogP contribution < -0.4 is 5.32 Å². The quantitative estimate of drug-likeness (QED) is 0.379. The van der Waals surface area contributed by atoms with Crippen molar-refractivity contribution in [3.63, 3.8) is 0 Å². The number of anilines is 2. The molecule has 39 heavy (non-hydrogen) atoms. The maximum absolute atomic E-state index is 15.0. The number of aryl methyl sites for hydroxylation is 1. The number of fused-ring (bicyclic) bond motifs is 2. The molecule has 0 aliphatic carbocycles. The first kappa shape index (κ1) is 25.8. The van der Waals surface area contributed by atoms with Crippen LogP contribution in [0.15, 0.2) is 30.5 Å². The molecule has 0 amide bonds. The van der Waals surface area contributed by atoms with Gasteiger partial charge in [0.05, 0.1) is 6.20 Å². The molecule has 204 valence electrons. The lowest BCUT2D eigenvalue weighted by Crippen LogP contribution is -2.35. The third kappa shape index (κ3) is 5.10. The van der Waals surface area contributed by atoms with Gasteiger partial charge in [0.15, 0.2) is 11.6 Å². The monoisotopic (exact) mass is 532 g/mol. The maximum atomic E-state index is 15.0. The standard InChI is InChI=1S/C29H34F2N8/c1-17(2)28-21-11-20(12-22(30)27(21)36-38(28)4)26-23(31)13-32-29(35-26)34-25-6-5-19-16-39(10-8-24(19)33-25)15-18-7-9-37(3)14-18/h5-6,11-13,17-18H,7-10,14-16H2,1-4H3,(H,32,33,34,35). The molecule has 2 aliphatic rings. The first-order valence-corrected chi connectivity index (χ1v) is 13.6. The number of hydrogen-bond acceptors (Lipinski definition) is 7. The molecule has 1 unspecified atom stereocenters. The third-order valence-corrected chi connectivity index (χ3v) is 7.87. The Morgan fingerprint density at radius 2 is 1.92 bits per heavy atom. The van der Waals surface area contributed by atoms with Crippen molar-refractivity contribution in [2.75, 3.05) is 38.5 Å². The van der Waals surface area contributed by atoms with Crippen LogP contribution in [0.1, 0.15) is 43.1 Å². The van der Waals surface area contributed by atoms with Gasteiger partial charge in [0.25, 0.3) is 0 Å². The van der Waals surface area contributed by atoms with Crippen LogP contribution in [0.4, 0.5) is 20.5 Å². The minimum atomic E-state index is -0.624. The maximum Gasteiger partial charge on any atom is 0.229 e. The summed E-state index contributed by atoms with van der Waals surface area (Å²) in [5, 5.41) is 8.10. The van der Waals surface area contributed by atoms with Crippen LogP contribution >= 0.6 is 0 Å². The largest absolute Gasteiger partial charge is 0.309 e. The van der Waals surface area contributed by atoms with Crippen molar-refractivity contribution in [1.29, 1.82) is 0 Å². The van der Waals surface area contributed by atoms with Crippen LogP contribution in [0.5, 0.6) is 0 Å². The Kier molecular flexibility index (Phi) is 6.76. The minimum Gasteiger partial charge on any atom is -0.309 e. The molecule has 8 nitrogen and oxygen atoms in total. The molecule has 0 bridgehead atoms. The average molecular weight is 533 g/mol. The summed E-state index contributed by atoms with van der Waals surface area (Å²) >= 11 is 0. The number of halogens is 2. The molecule has 10 heteroatoms. The van der Waals surface area contributed by atoms with E-state index in [0.29, 0.717) is 16.8 Å². The molecule has 1 saturated heterocycles. The van der Waals surface area contributed by atoms with Crippen LogP contribution in [0, 0.1) is 17.6 Å². The second-order valence-electron chi connectivity index (χ2n) is 11.2. The molecule has 6 rings (SSSR count). The molecular weight excluding hydrogens is 498 g/mol. The lowest BCUT2D eigenvalue weighted by molar-refractivity contribution is 0.212. The van der Waals surface area contributed by atoms with E-state index in [0.717, 1.165) is 49.6 Å². The Hall–Kier alpha value is -3.50. The van der Waals surface area contributed by atoms with Gasteiger partial charge in [-0.25, -0.2) is 23.7 Å². The van der Waals surface area contributed by atoms with E-state index < -0.39 is 11.6 Å². The Morgan fingerprint density at radius 1 is 1.08 bits per heavy atom. The predicted octanol–water partition coefficient (Wildman–Crippen LogP) is 4.88. The van der Waals surface area contributed by atoms with Crippen LogP contribution in [-0.2, 0) is 20.0 Å². The van der Waals surface area contributed by atoms with Crippen molar-refractivity contribution in [2.24, 2.45) is 13.0 Å². The number of pyridine rings is 1. The van der Waals surface area contributed by atoms with Crippen molar-refractivity contribution >= 4 is 22.7 Å². The molecule has 1 atom stereocenters. The zero-order valence-electron chi connectivity index (χ0n) is 22.9. The highest BCUT2D eigenvalue weighted by Crippen LogP contribution is 2.32. The van der Waals surface area contributed by atoms with Crippen LogP contribution in [-0.4, -0.2) is 67.8 Å². The average Bonchev–Trinajstić information content (AvgIpc) is 3.47. The Labute approximate surface area is 227 Å². The number of aromatic nitrogens is 5. The Balaban J connectivity index is 1.23. The lowest BCUT2D eigenvalue weighted by Gasteiger charge is -2.30. The van der Waals surface area contributed by atoms with Crippen molar-refractivity contribution in [3.8, 4) is 11.3 Å². The molecule has 2 aliphatic heterocycles. The third-order valence-electron chi connectivity index (χ3n) is 7.87. The smallest absolute Gasteiger partial charge is 0.229 e. The molecule has 1 N–H and O–H groups in total. The highest BCUT2D eigenvalue weighted by molar-refractivity contribution is 5.87. The molecule has 0 saturated carbocycles. The summed E-state index contributed by atoms with van der Waals surface area (Å²) in [6, 6.07) is 7.04. The van der Waals surface area contributed by atoms with Gasteiger partial charge in [-0.15, -0.1) is 0 Å². The number of nitrogens with one attached hydrogen (secondary N) is 1. The molecule has 0 spiro atoms. The topological polar surface area (TPSA) is 75.0 Å². The van der Waals surface area contributed by atoms with Crippen LogP contribution in [0.25, 0.3) is 22.2 Å². The van der Waals surface area contributed by atoms with Gasteiger partial charge in [-0.2, -0.15) is 5.10 Å². The predicted molar refractivity (Wildman–Crippen MR) is 148 cm³/mol. The minimum absolute atomic E-state index is 0.0259. The highest BCUT2D eigenvalue weighted by atomic mass is 19.1. The van der Waals surface area contributed by atoms with Crippen LogP contribution in [0.2, 0.25) is 0 Å². The molecule has 5 heterocycles. The van der Waals surface area contributed by atoms with Gasteiger partial charge in [-0.1, -0.05) is 19.9 Å². The van der Waals surface area contributed by atoms with E-state index in [4.69, 9.17) is 4.98 Å². The van der Waals surface area contributed by atoms with Crippen LogP contribution in [0.3, 0.4) is 0 Å². The zero-order chi connectivity index (χ0) is 27.3. The van der Waals surface area contributed by atoms with E-state index >= 15 is 4.39 Å². The van der Waals surface area contributed by atoms with Gasteiger partial charge in [0.1, 0.15) is 17.0 Å². The van der Waals surface area contributed by atoms with Crippen molar-refractivity contribution in [2.45, 2.75) is 39.2 Å². The number of benzene rings is 1. The van der Waals surface area contributed by atoms with Crippen molar-refractivity contribution in [3.05, 3.63) is 59.0 Å². The molecule has 4 aromatic rings. The van der Waals surface area contributed by atoms with Gasteiger partial charge in [-0.05, 0) is 55.6 Å². The summed E-state index contributed by atoms with van der Waals surface area (Å²) < 4.78 is 31.6. The first-order valence-electron chi connectivity index (χ1n) is 13.6. The fourth-order valence-electron chi connectivity index (χ4n) is 6.08. The normalized spacial score (nSPS) is 18.3. The van der Waals surface area contributed by atoms with E-state index in [9.17, 15) is 4.39 Å². The molecule has 1 fully saturated rings.